The Bertz CT molecular complexity index is 1050. The van der Waals surface area contributed by atoms with Crippen molar-refractivity contribution in [3.05, 3.63) is 82.4 Å². The smallest absolute Gasteiger partial charge is 0.254 e. The Labute approximate surface area is 182 Å². The van der Waals surface area contributed by atoms with Crippen LogP contribution in [-0.2, 0) is 6.42 Å². The lowest BCUT2D eigenvalue weighted by Gasteiger charge is -2.25. The van der Waals surface area contributed by atoms with Gasteiger partial charge in [0.2, 0.25) is 0 Å². The molecule has 5 nitrogen and oxygen atoms in total. The zero-order valence-corrected chi connectivity index (χ0v) is 18.1. The molecule has 0 aliphatic carbocycles. The Morgan fingerprint density at radius 2 is 1.87 bits per heavy atom. The molecule has 1 amide bonds. The van der Waals surface area contributed by atoms with Crippen LogP contribution in [0.2, 0.25) is 0 Å². The van der Waals surface area contributed by atoms with Crippen LogP contribution in [0.25, 0.3) is 5.69 Å². The molecule has 1 saturated heterocycles. The highest BCUT2D eigenvalue weighted by atomic mass is 19.1. The molecule has 1 aromatic heterocycles. The number of aromatic nitrogens is 2. The molecule has 2 aromatic carbocycles. The third-order valence-corrected chi connectivity index (χ3v) is 6.12. The fourth-order valence-corrected chi connectivity index (χ4v) is 4.15. The SMILES string of the molecule is Cc1ccc(-n2ncc(C(=O)NCCc3ccc(F)cc3)c2C2CCNCC2)cc1C. The number of rotatable bonds is 6. The maximum atomic E-state index is 13.1. The Morgan fingerprint density at radius 3 is 2.58 bits per heavy atom. The highest BCUT2D eigenvalue weighted by Gasteiger charge is 2.27. The number of benzene rings is 2. The van der Waals surface area contributed by atoms with E-state index in [0.29, 0.717) is 18.5 Å². The number of nitrogens with one attached hydrogen (secondary N) is 2. The molecule has 0 bridgehead atoms. The molecule has 1 fully saturated rings. The summed E-state index contributed by atoms with van der Waals surface area (Å²) < 4.78 is 15.0. The van der Waals surface area contributed by atoms with Crippen LogP contribution >= 0.6 is 0 Å². The predicted octanol–water partition coefficient (Wildman–Crippen LogP) is 4.07. The number of nitrogens with zero attached hydrogens (tertiary/aromatic N) is 2. The summed E-state index contributed by atoms with van der Waals surface area (Å²) in [6.45, 7) is 6.55. The van der Waals surface area contributed by atoms with Crippen molar-refractivity contribution >= 4 is 5.91 Å². The van der Waals surface area contributed by atoms with E-state index in [1.54, 1.807) is 18.3 Å². The lowest BCUT2D eigenvalue weighted by Crippen LogP contribution is -2.31. The second kappa shape index (κ2) is 9.43. The van der Waals surface area contributed by atoms with Crippen molar-refractivity contribution in [2.45, 2.75) is 39.0 Å². The molecule has 2 heterocycles. The van der Waals surface area contributed by atoms with E-state index in [9.17, 15) is 9.18 Å². The summed E-state index contributed by atoms with van der Waals surface area (Å²) in [5, 5.41) is 11.0. The van der Waals surface area contributed by atoms with Gasteiger partial charge in [-0.15, -0.1) is 0 Å². The summed E-state index contributed by atoms with van der Waals surface area (Å²) >= 11 is 0. The van der Waals surface area contributed by atoms with Gasteiger partial charge in [-0.1, -0.05) is 18.2 Å². The highest BCUT2D eigenvalue weighted by Crippen LogP contribution is 2.30. The number of piperidine rings is 1. The molecule has 3 aromatic rings. The number of hydrogen-bond donors (Lipinski definition) is 2. The zero-order valence-electron chi connectivity index (χ0n) is 18.1. The number of halogens is 1. The summed E-state index contributed by atoms with van der Waals surface area (Å²) in [7, 11) is 0. The quantitative estimate of drug-likeness (QED) is 0.632. The van der Waals surface area contributed by atoms with Gasteiger partial charge in [0, 0.05) is 12.5 Å². The normalized spacial score (nSPS) is 14.5. The van der Waals surface area contributed by atoms with Crippen LogP contribution in [0.3, 0.4) is 0 Å². The first-order valence-electron chi connectivity index (χ1n) is 10.9. The van der Waals surface area contributed by atoms with Crippen LogP contribution in [0.1, 0.15) is 51.5 Å². The van der Waals surface area contributed by atoms with Crippen LogP contribution in [0, 0.1) is 19.7 Å². The topological polar surface area (TPSA) is 59.0 Å². The van der Waals surface area contributed by atoms with Gasteiger partial charge in [-0.05, 0) is 87.2 Å². The second-order valence-electron chi connectivity index (χ2n) is 8.28. The number of aryl methyl sites for hydroxylation is 2. The molecule has 6 heteroatoms. The van der Waals surface area contributed by atoms with Crippen LogP contribution in [0.5, 0.6) is 0 Å². The lowest BCUT2D eigenvalue weighted by molar-refractivity contribution is 0.0952. The van der Waals surface area contributed by atoms with Gasteiger partial charge < -0.3 is 10.6 Å². The fourth-order valence-electron chi connectivity index (χ4n) is 4.15. The molecule has 0 atom stereocenters. The van der Waals surface area contributed by atoms with Crippen LogP contribution in [0.4, 0.5) is 4.39 Å². The van der Waals surface area contributed by atoms with E-state index in [-0.39, 0.29) is 17.6 Å². The van der Waals surface area contributed by atoms with Crippen molar-refractivity contribution in [1.82, 2.24) is 20.4 Å². The minimum atomic E-state index is -0.252. The summed E-state index contributed by atoms with van der Waals surface area (Å²) in [5.74, 6) is -0.0768. The molecule has 0 radical (unpaired) electrons. The molecule has 0 saturated carbocycles. The van der Waals surface area contributed by atoms with Crippen molar-refractivity contribution in [2.24, 2.45) is 0 Å². The molecular weight excluding hydrogens is 391 g/mol. The van der Waals surface area contributed by atoms with E-state index >= 15 is 0 Å². The summed E-state index contributed by atoms with van der Waals surface area (Å²) in [5.41, 5.74) is 6.05. The number of amides is 1. The van der Waals surface area contributed by atoms with Gasteiger partial charge in [0.15, 0.2) is 0 Å². The number of hydrogen-bond acceptors (Lipinski definition) is 3. The first-order chi connectivity index (χ1) is 15.0. The van der Waals surface area contributed by atoms with Gasteiger partial charge in [0.1, 0.15) is 5.82 Å². The minimum Gasteiger partial charge on any atom is -0.352 e. The molecule has 1 aliphatic rings. The first kappa shape index (κ1) is 21.2. The van der Waals surface area contributed by atoms with Crippen LogP contribution < -0.4 is 10.6 Å². The van der Waals surface area contributed by atoms with Crippen LogP contribution in [0.15, 0.2) is 48.7 Å². The van der Waals surface area contributed by atoms with E-state index in [4.69, 9.17) is 0 Å². The molecule has 1 aliphatic heterocycles. The molecule has 0 unspecified atom stereocenters. The average molecular weight is 421 g/mol. The second-order valence-corrected chi connectivity index (χ2v) is 8.28. The Balaban J connectivity index is 1.57. The Hall–Kier alpha value is -2.99. The predicted molar refractivity (Wildman–Crippen MR) is 120 cm³/mol. The van der Waals surface area contributed by atoms with Crippen molar-refractivity contribution in [1.29, 1.82) is 0 Å². The summed E-state index contributed by atoms with van der Waals surface area (Å²) in [6, 6.07) is 12.7. The molecular formula is C25H29FN4O. The third-order valence-electron chi connectivity index (χ3n) is 6.12. The van der Waals surface area contributed by atoms with E-state index in [1.807, 2.05) is 4.68 Å². The first-order valence-corrected chi connectivity index (χ1v) is 10.9. The van der Waals surface area contributed by atoms with E-state index < -0.39 is 0 Å². The van der Waals surface area contributed by atoms with Crippen molar-refractivity contribution in [3.8, 4) is 5.69 Å². The molecule has 162 valence electrons. The van der Waals surface area contributed by atoms with Gasteiger partial charge in [0.25, 0.3) is 5.91 Å². The summed E-state index contributed by atoms with van der Waals surface area (Å²) in [6.07, 6.45) is 4.30. The van der Waals surface area contributed by atoms with E-state index in [2.05, 4.69) is 47.8 Å². The highest BCUT2D eigenvalue weighted by molar-refractivity contribution is 5.95. The van der Waals surface area contributed by atoms with Gasteiger partial charge in [-0.3, -0.25) is 4.79 Å². The van der Waals surface area contributed by atoms with Crippen molar-refractivity contribution in [2.75, 3.05) is 19.6 Å². The van der Waals surface area contributed by atoms with Gasteiger partial charge in [0.05, 0.1) is 23.1 Å². The fraction of sp³-hybridized carbons (Fsp3) is 0.360. The Morgan fingerprint density at radius 1 is 1.13 bits per heavy atom. The standard InChI is InChI=1S/C25H29FN4O/c1-17-3-8-22(15-18(17)2)30-24(20-10-12-27-13-11-20)23(16-29-30)25(31)28-14-9-19-4-6-21(26)7-5-19/h3-8,15-16,20,27H,9-14H2,1-2H3,(H,28,31). The number of carbonyl (C=O) groups is 1. The van der Waals surface area contributed by atoms with E-state index in [0.717, 1.165) is 42.9 Å². The van der Waals surface area contributed by atoms with E-state index in [1.165, 1.54) is 23.3 Å². The van der Waals surface area contributed by atoms with Crippen LogP contribution in [-0.4, -0.2) is 35.3 Å². The third kappa shape index (κ3) is 4.85. The summed E-state index contributed by atoms with van der Waals surface area (Å²) in [4.78, 5) is 13.1. The molecule has 0 spiro atoms. The van der Waals surface area contributed by atoms with Crippen molar-refractivity contribution in [3.63, 3.8) is 0 Å². The number of carbonyl (C=O) groups excluding carboxylic acids is 1. The lowest BCUT2D eigenvalue weighted by atomic mass is 9.91. The van der Waals surface area contributed by atoms with Gasteiger partial charge in [-0.2, -0.15) is 5.10 Å². The van der Waals surface area contributed by atoms with Gasteiger partial charge >= 0.3 is 0 Å². The molecule has 4 rings (SSSR count). The average Bonchev–Trinajstić information content (AvgIpc) is 3.23. The van der Waals surface area contributed by atoms with Crippen molar-refractivity contribution < 1.29 is 9.18 Å². The maximum absolute atomic E-state index is 13.1. The monoisotopic (exact) mass is 420 g/mol. The molecule has 2 N–H and O–H groups in total. The maximum Gasteiger partial charge on any atom is 0.254 e. The van der Waals surface area contributed by atoms with Gasteiger partial charge in [-0.25, -0.2) is 9.07 Å². The Kier molecular flexibility index (Phi) is 6.47. The zero-order chi connectivity index (χ0) is 21.8. The minimum absolute atomic E-state index is 0.106. The molecule has 31 heavy (non-hydrogen) atoms. The largest absolute Gasteiger partial charge is 0.352 e.